The predicted octanol–water partition coefficient (Wildman–Crippen LogP) is 16.7. The van der Waals surface area contributed by atoms with Gasteiger partial charge in [0.25, 0.3) is 0 Å². The molecule has 0 spiro atoms. The summed E-state index contributed by atoms with van der Waals surface area (Å²) in [4.78, 5) is 37.9. The molecule has 6 heteroatoms. The van der Waals surface area contributed by atoms with Crippen molar-refractivity contribution in [1.29, 1.82) is 0 Å². The molecule has 0 aliphatic carbocycles. The van der Waals surface area contributed by atoms with Gasteiger partial charge in [-0.3, -0.25) is 14.4 Å². The third-order valence-corrected chi connectivity index (χ3v) is 11.8. The van der Waals surface area contributed by atoms with E-state index in [-0.39, 0.29) is 31.1 Å². The van der Waals surface area contributed by atoms with Crippen LogP contribution in [0.1, 0.15) is 291 Å². The Bertz CT molecular complexity index is 872. The SMILES string of the molecule is CCCCCCCCCCCCCCCCCCC(=O)OC[C@H](COC(=O)CCCCCCCCCCCCCC(C)C)OC(=O)CCCCCCCCCCCC. The molecule has 0 aromatic rings. The predicted molar refractivity (Wildman–Crippen MR) is 247 cm³/mol. The van der Waals surface area contributed by atoms with E-state index in [2.05, 4.69) is 27.7 Å². The van der Waals surface area contributed by atoms with E-state index in [1.807, 2.05) is 0 Å². The molecule has 0 aliphatic rings. The van der Waals surface area contributed by atoms with Gasteiger partial charge in [-0.15, -0.1) is 0 Å². The van der Waals surface area contributed by atoms with E-state index in [0.717, 1.165) is 63.7 Å². The summed E-state index contributed by atoms with van der Waals surface area (Å²) in [5, 5.41) is 0. The molecular weight excluding hydrogens is 721 g/mol. The van der Waals surface area contributed by atoms with Gasteiger partial charge in [-0.2, -0.15) is 0 Å². The molecule has 0 amide bonds. The lowest BCUT2D eigenvalue weighted by Crippen LogP contribution is -2.30. The summed E-state index contributed by atoms with van der Waals surface area (Å²) in [5.74, 6) is -0.0191. The fourth-order valence-electron chi connectivity index (χ4n) is 7.86. The maximum Gasteiger partial charge on any atom is 0.306 e. The fourth-order valence-corrected chi connectivity index (χ4v) is 7.86. The molecule has 0 N–H and O–H groups in total. The number of rotatable bonds is 47. The van der Waals surface area contributed by atoms with Crippen LogP contribution in [0.2, 0.25) is 0 Å². The van der Waals surface area contributed by atoms with Crippen LogP contribution in [0, 0.1) is 5.92 Å². The smallest absolute Gasteiger partial charge is 0.306 e. The number of hydrogen-bond acceptors (Lipinski definition) is 6. The van der Waals surface area contributed by atoms with Crippen molar-refractivity contribution in [1.82, 2.24) is 0 Å². The number of ether oxygens (including phenoxy) is 3. The average molecular weight is 821 g/mol. The molecule has 344 valence electrons. The largest absolute Gasteiger partial charge is 0.462 e. The average Bonchev–Trinajstić information content (AvgIpc) is 3.21. The van der Waals surface area contributed by atoms with Gasteiger partial charge in [0.15, 0.2) is 6.10 Å². The Hall–Kier alpha value is -1.59. The first kappa shape index (κ1) is 56.4. The second kappa shape index (κ2) is 46.5. The summed E-state index contributed by atoms with van der Waals surface area (Å²) in [6.07, 6.45) is 48.0. The number of carbonyl (C=O) groups is 3. The number of hydrogen-bond donors (Lipinski definition) is 0. The van der Waals surface area contributed by atoms with Crippen molar-refractivity contribution in [2.24, 2.45) is 5.92 Å². The van der Waals surface area contributed by atoms with Gasteiger partial charge >= 0.3 is 17.9 Å². The van der Waals surface area contributed by atoms with Crippen molar-refractivity contribution in [3.8, 4) is 0 Å². The third kappa shape index (κ3) is 45.5. The zero-order valence-electron chi connectivity index (χ0n) is 39.5. The first-order valence-corrected chi connectivity index (χ1v) is 25.9. The lowest BCUT2D eigenvalue weighted by Gasteiger charge is -2.18. The molecular formula is C52H100O6. The Morgan fingerprint density at radius 1 is 0.328 bits per heavy atom. The van der Waals surface area contributed by atoms with Crippen LogP contribution in [0.3, 0.4) is 0 Å². The van der Waals surface area contributed by atoms with E-state index in [4.69, 9.17) is 14.2 Å². The molecule has 0 aliphatic heterocycles. The van der Waals surface area contributed by atoms with Gasteiger partial charge in [0.1, 0.15) is 13.2 Å². The summed E-state index contributed by atoms with van der Waals surface area (Å²) in [5.41, 5.74) is 0. The molecule has 0 aromatic heterocycles. The Morgan fingerprint density at radius 2 is 0.569 bits per heavy atom. The normalized spacial score (nSPS) is 11.9. The highest BCUT2D eigenvalue weighted by Gasteiger charge is 2.19. The highest BCUT2D eigenvalue weighted by Crippen LogP contribution is 2.17. The van der Waals surface area contributed by atoms with Crippen LogP contribution >= 0.6 is 0 Å². The van der Waals surface area contributed by atoms with Gasteiger partial charge in [-0.1, -0.05) is 252 Å². The maximum absolute atomic E-state index is 12.7. The quantitative estimate of drug-likeness (QED) is 0.0346. The fraction of sp³-hybridized carbons (Fsp3) is 0.942. The van der Waals surface area contributed by atoms with Crippen molar-refractivity contribution in [3.05, 3.63) is 0 Å². The van der Waals surface area contributed by atoms with Gasteiger partial charge in [-0.05, 0) is 25.2 Å². The number of carbonyl (C=O) groups excluding carboxylic acids is 3. The molecule has 0 bridgehead atoms. The van der Waals surface area contributed by atoms with Crippen molar-refractivity contribution >= 4 is 17.9 Å². The maximum atomic E-state index is 12.7. The van der Waals surface area contributed by atoms with E-state index in [1.165, 1.54) is 186 Å². The van der Waals surface area contributed by atoms with E-state index >= 15 is 0 Å². The zero-order valence-corrected chi connectivity index (χ0v) is 39.5. The van der Waals surface area contributed by atoms with Gasteiger partial charge in [0.2, 0.25) is 0 Å². The van der Waals surface area contributed by atoms with E-state index in [1.54, 1.807) is 0 Å². The molecule has 0 heterocycles. The lowest BCUT2D eigenvalue weighted by molar-refractivity contribution is -0.167. The summed E-state index contributed by atoms with van der Waals surface area (Å²) in [6.45, 7) is 9.01. The molecule has 1 atom stereocenters. The van der Waals surface area contributed by atoms with E-state index in [0.29, 0.717) is 19.3 Å². The summed E-state index contributed by atoms with van der Waals surface area (Å²) < 4.78 is 16.8. The van der Waals surface area contributed by atoms with Gasteiger partial charge in [0.05, 0.1) is 0 Å². The van der Waals surface area contributed by atoms with E-state index < -0.39 is 6.10 Å². The highest BCUT2D eigenvalue weighted by molar-refractivity contribution is 5.71. The van der Waals surface area contributed by atoms with Gasteiger partial charge in [-0.25, -0.2) is 0 Å². The minimum absolute atomic E-state index is 0.0628. The topological polar surface area (TPSA) is 78.9 Å². The lowest BCUT2D eigenvalue weighted by atomic mass is 10.0. The first-order chi connectivity index (χ1) is 28.4. The minimum Gasteiger partial charge on any atom is -0.462 e. The summed E-state index contributed by atoms with van der Waals surface area (Å²) in [6, 6.07) is 0. The minimum atomic E-state index is -0.760. The highest BCUT2D eigenvalue weighted by atomic mass is 16.6. The molecule has 0 radical (unpaired) electrons. The van der Waals surface area contributed by atoms with E-state index in [9.17, 15) is 14.4 Å². The van der Waals surface area contributed by atoms with Crippen molar-refractivity contribution in [2.45, 2.75) is 297 Å². The van der Waals surface area contributed by atoms with Crippen molar-refractivity contribution in [3.63, 3.8) is 0 Å². The molecule has 0 fully saturated rings. The van der Waals surface area contributed by atoms with Crippen LogP contribution in [-0.4, -0.2) is 37.2 Å². The van der Waals surface area contributed by atoms with Crippen LogP contribution < -0.4 is 0 Å². The Kier molecular flexibility index (Phi) is 45.2. The third-order valence-electron chi connectivity index (χ3n) is 11.8. The van der Waals surface area contributed by atoms with Gasteiger partial charge < -0.3 is 14.2 Å². The Balaban J connectivity index is 4.26. The molecule has 58 heavy (non-hydrogen) atoms. The van der Waals surface area contributed by atoms with Crippen LogP contribution in [0.4, 0.5) is 0 Å². The van der Waals surface area contributed by atoms with Crippen molar-refractivity contribution < 1.29 is 28.6 Å². The van der Waals surface area contributed by atoms with Crippen LogP contribution in [0.25, 0.3) is 0 Å². The second-order valence-corrected chi connectivity index (χ2v) is 18.3. The summed E-state index contributed by atoms with van der Waals surface area (Å²) in [7, 11) is 0. The molecule has 6 nitrogen and oxygen atoms in total. The monoisotopic (exact) mass is 821 g/mol. The zero-order chi connectivity index (χ0) is 42.4. The van der Waals surface area contributed by atoms with Crippen LogP contribution in [-0.2, 0) is 28.6 Å². The number of esters is 3. The second-order valence-electron chi connectivity index (χ2n) is 18.3. The van der Waals surface area contributed by atoms with Crippen LogP contribution in [0.15, 0.2) is 0 Å². The molecule has 0 aromatic carbocycles. The summed E-state index contributed by atoms with van der Waals surface area (Å²) >= 11 is 0. The standard InChI is InChI=1S/C52H100O6/c1-5-7-9-11-13-15-17-18-19-20-21-24-28-31-35-39-43-50(53)56-46-49(58-52(55)45-41-37-33-27-16-14-12-10-8-6-2)47-57-51(54)44-40-36-32-29-25-22-23-26-30-34-38-42-48(3)4/h48-49H,5-47H2,1-4H3/t49-/m1/s1. The van der Waals surface area contributed by atoms with Crippen molar-refractivity contribution in [2.75, 3.05) is 13.2 Å². The Morgan fingerprint density at radius 3 is 0.845 bits per heavy atom. The van der Waals surface area contributed by atoms with Gasteiger partial charge in [0, 0.05) is 19.3 Å². The van der Waals surface area contributed by atoms with Crippen LogP contribution in [0.5, 0.6) is 0 Å². The number of unbranched alkanes of at least 4 members (excludes halogenated alkanes) is 34. The molecule has 0 saturated carbocycles. The molecule has 0 rings (SSSR count). The Labute approximate surface area is 361 Å². The first-order valence-electron chi connectivity index (χ1n) is 25.9. The molecule has 0 saturated heterocycles. The molecule has 0 unspecified atom stereocenters.